The van der Waals surface area contributed by atoms with Crippen LogP contribution >= 0.6 is 0 Å². The van der Waals surface area contributed by atoms with E-state index in [-0.39, 0.29) is 10.8 Å². The zero-order valence-electron chi connectivity index (χ0n) is 16.1. The molecule has 0 aliphatic carbocycles. The highest BCUT2D eigenvalue weighted by atomic mass is 15.1. The van der Waals surface area contributed by atoms with Gasteiger partial charge in [-0.05, 0) is 46.6 Å². The molecule has 4 heteroatoms. The summed E-state index contributed by atoms with van der Waals surface area (Å²) < 4.78 is 0. The summed E-state index contributed by atoms with van der Waals surface area (Å²) in [5.41, 5.74) is 6.00. The van der Waals surface area contributed by atoms with Gasteiger partial charge < -0.3 is 4.98 Å². The predicted octanol–water partition coefficient (Wildman–Crippen LogP) is 5.26. The van der Waals surface area contributed by atoms with Crippen molar-refractivity contribution in [3.05, 3.63) is 59.5 Å². The molecule has 1 aromatic carbocycles. The van der Waals surface area contributed by atoms with Gasteiger partial charge in [-0.2, -0.15) is 5.10 Å². The smallest absolute Gasteiger partial charge is 0.137 e. The summed E-state index contributed by atoms with van der Waals surface area (Å²) in [6.07, 6.45) is 4.74. The monoisotopic (exact) mass is 346 g/mol. The number of aromatic amines is 2. The molecule has 4 rings (SSSR count). The second-order valence-corrected chi connectivity index (χ2v) is 8.86. The van der Waals surface area contributed by atoms with E-state index in [1.165, 1.54) is 27.6 Å². The van der Waals surface area contributed by atoms with Crippen LogP contribution in [0.1, 0.15) is 51.4 Å². The van der Waals surface area contributed by atoms with Crippen molar-refractivity contribution in [3.63, 3.8) is 0 Å². The summed E-state index contributed by atoms with van der Waals surface area (Å²) in [4.78, 5) is 8.09. The number of hydrogen-bond acceptors (Lipinski definition) is 2. The minimum Gasteiger partial charge on any atom is -0.343 e. The molecule has 4 nitrogen and oxygen atoms in total. The Morgan fingerprint density at radius 1 is 0.962 bits per heavy atom. The Morgan fingerprint density at radius 3 is 2.54 bits per heavy atom. The average molecular weight is 346 g/mol. The van der Waals surface area contributed by atoms with Crippen molar-refractivity contribution in [3.8, 4) is 0 Å². The third-order valence-electron chi connectivity index (χ3n) is 5.24. The minimum atomic E-state index is -0.0217. The van der Waals surface area contributed by atoms with Crippen molar-refractivity contribution in [2.75, 3.05) is 0 Å². The molecule has 0 aliphatic rings. The number of pyridine rings is 1. The Labute approximate surface area is 154 Å². The molecule has 3 aromatic heterocycles. The third kappa shape index (κ3) is 2.79. The van der Waals surface area contributed by atoms with E-state index in [9.17, 15) is 0 Å². The highest BCUT2D eigenvalue weighted by molar-refractivity contribution is 5.83. The number of aromatic nitrogens is 4. The number of H-pyrrole nitrogens is 2. The summed E-state index contributed by atoms with van der Waals surface area (Å²) in [7, 11) is 0. The van der Waals surface area contributed by atoms with Gasteiger partial charge in [0.05, 0.1) is 11.7 Å². The topological polar surface area (TPSA) is 57.4 Å². The van der Waals surface area contributed by atoms with Crippen LogP contribution in [0.2, 0.25) is 0 Å². The zero-order valence-corrected chi connectivity index (χ0v) is 16.1. The Morgan fingerprint density at radius 2 is 1.77 bits per heavy atom. The van der Waals surface area contributed by atoms with Gasteiger partial charge in [0, 0.05) is 22.7 Å². The van der Waals surface area contributed by atoms with Crippen LogP contribution in [0.25, 0.3) is 21.9 Å². The highest BCUT2D eigenvalue weighted by Gasteiger charge is 2.26. The van der Waals surface area contributed by atoms with Crippen molar-refractivity contribution in [2.24, 2.45) is 0 Å². The molecular formula is C22H26N4. The molecular weight excluding hydrogens is 320 g/mol. The largest absolute Gasteiger partial charge is 0.343 e. The molecule has 0 saturated heterocycles. The van der Waals surface area contributed by atoms with Crippen LogP contribution in [-0.4, -0.2) is 20.2 Å². The second kappa shape index (κ2) is 5.70. The van der Waals surface area contributed by atoms with Crippen LogP contribution in [0, 0.1) is 0 Å². The van der Waals surface area contributed by atoms with Crippen molar-refractivity contribution < 1.29 is 0 Å². The Hall–Kier alpha value is -2.62. The number of fused-ring (bicyclic) bond motifs is 2. The van der Waals surface area contributed by atoms with Crippen LogP contribution in [0.4, 0.5) is 0 Å². The Balaban J connectivity index is 1.76. The first kappa shape index (κ1) is 16.8. The molecule has 0 amide bonds. The molecule has 4 aromatic rings. The number of rotatable bonds is 3. The maximum Gasteiger partial charge on any atom is 0.137 e. The van der Waals surface area contributed by atoms with Gasteiger partial charge in [-0.25, -0.2) is 4.98 Å². The number of nitrogens with zero attached hydrogens (tertiary/aromatic N) is 2. The van der Waals surface area contributed by atoms with E-state index < -0.39 is 0 Å². The number of benzene rings is 1. The lowest BCUT2D eigenvalue weighted by atomic mass is 9.79. The van der Waals surface area contributed by atoms with Gasteiger partial charge in [0.2, 0.25) is 0 Å². The van der Waals surface area contributed by atoms with Gasteiger partial charge >= 0.3 is 0 Å². The minimum absolute atomic E-state index is 0.0217. The highest BCUT2D eigenvalue weighted by Crippen LogP contribution is 2.34. The Bertz CT molecular complexity index is 1080. The fraction of sp³-hybridized carbons (Fsp3) is 0.364. The quantitative estimate of drug-likeness (QED) is 0.532. The normalized spacial score (nSPS) is 13.0. The van der Waals surface area contributed by atoms with E-state index in [1.807, 2.05) is 12.4 Å². The van der Waals surface area contributed by atoms with Gasteiger partial charge in [0.1, 0.15) is 5.65 Å². The second-order valence-electron chi connectivity index (χ2n) is 8.86. The van der Waals surface area contributed by atoms with E-state index >= 15 is 0 Å². The van der Waals surface area contributed by atoms with Crippen LogP contribution in [0.5, 0.6) is 0 Å². The lowest BCUT2D eigenvalue weighted by molar-refractivity contribution is 0.521. The van der Waals surface area contributed by atoms with Crippen molar-refractivity contribution in [1.29, 1.82) is 0 Å². The van der Waals surface area contributed by atoms with Gasteiger partial charge in [-0.15, -0.1) is 0 Å². The number of hydrogen-bond donors (Lipinski definition) is 2. The summed E-state index contributed by atoms with van der Waals surface area (Å²) in [5.74, 6) is 0. The van der Waals surface area contributed by atoms with E-state index in [2.05, 4.69) is 85.1 Å². The maximum absolute atomic E-state index is 4.55. The van der Waals surface area contributed by atoms with Crippen LogP contribution in [0.3, 0.4) is 0 Å². The first-order chi connectivity index (χ1) is 12.3. The molecule has 0 bridgehead atoms. The fourth-order valence-corrected chi connectivity index (χ4v) is 3.96. The maximum atomic E-state index is 4.55. The first-order valence-electron chi connectivity index (χ1n) is 9.15. The van der Waals surface area contributed by atoms with Gasteiger partial charge in [0.25, 0.3) is 0 Å². The van der Waals surface area contributed by atoms with E-state index in [0.29, 0.717) is 0 Å². The predicted molar refractivity (Wildman–Crippen MR) is 108 cm³/mol. The molecule has 3 heterocycles. The summed E-state index contributed by atoms with van der Waals surface area (Å²) in [6, 6.07) is 10.8. The third-order valence-corrected chi connectivity index (χ3v) is 5.24. The Kier molecular flexibility index (Phi) is 3.69. The molecule has 0 aliphatic heterocycles. The van der Waals surface area contributed by atoms with Crippen LogP contribution in [0.15, 0.2) is 42.7 Å². The summed E-state index contributed by atoms with van der Waals surface area (Å²) in [5, 5.41) is 9.71. The lowest BCUT2D eigenvalue weighted by Gasteiger charge is -2.25. The molecule has 2 N–H and O–H groups in total. The fourth-order valence-electron chi connectivity index (χ4n) is 3.96. The number of nitrogens with one attached hydrogen (secondary N) is 2. The summed E-state index contributed by atoms with van der Waals surface area (Å²) in [6.45, 7) is 11.3. The van der Waals surface area contributed by atoms with Crippen LogP contribution in [-0.2, 0) is 17.3 Å². The van der Waals surface area contributed by atoms with E-state index in [1.54, 1.807) is 0 Å². The first-order valence-corrected chi connectivity index (χ1v) is 9.15. The van der Waals surface area contributed by atoms with Crippen molar-refractivity contribution >= 4 is 21.9 Å². The molecule has 26 heavy (non-hydrogen) atoms. The van der Waals surface area contributed by atoms with Crippen molar-refractivity contribution in [2.45, 2.75) is 51.9 Å². The van der Waals surface area contributed by atoms with Gasteiger partial charge in [-0.1, -0.05) is 46.8 Å². The van der Waals surface area contributed by atoms with Gasteiger partial charge in [-0.3, -0.25) is 5.10 Å². The standard InChI is InChI=1S/C22H26N4/c1-21(2,3)17-9-10-23-20-15(17)11-14(25-20)12-22(4,5)18-7-6-8-19-16(18)13-24-26-19/h6-11,13H,12H2,1-5H3,(H,23,25)(H,24,26). The molecule has 0 atom stereocenters. The van der Waals surface area contributed by atoms with Gasteiger partial charge in [0.15, 0.2) is 0 Å². The molecule has 0 saturated carbocycles. The zero-order chi connectivity index (χ0) is 18.5. The summed E-state index contributed by atoms with van der Waals surface area (Å²) >= 11 is 0. The molecule has 134 valence electrons. The molecule has 0 unspecified atom stereocenters. The molecule has 0 spiro atoms. The molecule has 0 fully saturated rings. The van der Waals surface area contributed by atoms with E-state index in [4.69, 9.17) is 0 Å². The lowest BCUT2D eigenvalue weighted by Crippen LogP contribution is -2.21. The SMILES string of the molecule is CC(C)(C)c1ccnc2[nH]c(CC(C)(C)c3cccc4[nH]ncc34)cc12. The molecule has 0 radical (unpaired) electrons. The van der Waals surface area contributed by atoms with Crippen molar-refractivity contribution in [1.82, 2.24) is 20.2 Å². The average Bonchev–Trinajstić information content (AvgIpc) is 3.18. The van der Waals surface area contributed by atoms with E-state index in [0.717, 1.165) is 17.6 Å². The van der Waals surface area contributed by atoms with Crippen LogP contribution < -0.4 is 0 Å².